The summed E-state index contributed by atoms with van der Waals surface area (Å²) in [5.74, 6) is -0.411. The van der Waals surface area contributed by atoms with Gasteiger partial charge in [-0.1, -0.05) is 23.7 Å². The molecule has 0 atom stereocenters. The lowest BCUT2D eigenvalue weighted by Gasteiger charge is -2.31. The molecule has 1 aliphatic heterocycles. The molecule has 0 amide bonds. The van der Waals surface area contributed by atoms with Crippen molar-refractivity contribution in [2.24, 2.45) is 5.92 Å². The number of carboxylic acids is 1. The molecule has 0 radical (unpaired) electrons. The van der Waals surface area contributed by atoms with E-state index in [4.69, 9.17) is 21.4 Å². The van der Waals surface area contributed by atoms with Crippen molar-refractivity contribution in [2.75, 3.05) is 20.2 Å². The summed E-state index contributed by atoms with van der Waals surface area (Å²) >= 11 is 9.76. The normalized spacial score (nSPS) is 15.6. The van der Waals surface area contributed by atoms with Crippen molar-refractivity contribution in [2.45, 2.75) is 25.8 Å². The van der Waals surface area contributed by atoms with E-state index in [2.05, 4.69) is 20.8 Å². The zero-order chi connectivity index (χ0) is 20.3. The Labute approximate surface area is 177 Å². The van der Waals surface area contributed by atoms with Crippen LogP contribution in [0.25, 0.3) is 11.1 Å². The second-order valence-electron chi connectivity index (χ2n) is 7.06. The monoisotopic (exact) mass is 469 g/mol. The average Bonchev–Trinajstić information content (AvgIpc) is 2.66. The van der Waals surface area contributed by atoms with Gasteiger partial charge < -0.3 is 9.84 Å². The van der Waals surface area contributed by atoms with Gasteiger partial charge in [0.1, 0.15) is 11.6 Å². The zero-order valence-electron chi connectivity index (χ0n) is 15.6. The number of aliphatic carboxylic acids is 1. The Morgan fingerprint density at radius 1 is 1.36 bits per heavy atom. The predicted molar refractivity (Wildman–Crippen MR) is 111 cm³/mol. The van der Waals surface area contributed by atoms with Crippen molar-refractivity contribution in [3.05, 3.63) is 51.2 Å². The van der Waals surface area contributed by atoms with E-state index in [9.17, 15) is 9.18 Å². The smallest absolute Gasteiger partial charge is 0.303 e. The Bertz CT molecular complexity index is 869. The summed E-state index contributed by atoms with van der Waals surface area (Å²) in [7, 11) is 1.53. The van der Waals surface area contributed by atoms with Crippen molar-refractivity contribution in [1.29, 1.82) is 0 Å². The standard InChI is InChI=1S/C21H22BrClFNO3/c1-28-19-11-14(15-3-2-4-17(22)21(15)23)10-18(24)16(19)12-25-7-5-13(6-8-25)9-20(26)27/h2-4,10-11,13H,5-9,12H2,1H3,(H,26,27). The van der Waals surface area contributed by atoms with Crippen LogP contribution >= 0.6 is 27.5 Å². The van der Waals surface area contributed by atoms with Gasteiger partial charge in [0.2, 0.25) is 0 Å². The third-order valence-corrected chi connectivity index (χ3v) is 6.49. The molecule has 150 valence electrons. The fraction of sp³-hybridized carbons (Fsp3) is 0.381. The van der Waals surface area contributed by atoms with Crippen LogP contribution in [-0.2, 0) is 11.3 Å². The number of hydrogen-bond donors (Lipinski definition) is 1. The highest BCUT2D eigenvalue weighted by Gasteiger charge is 2.23. The van der Waals surface area contributed by atoms with Crippen LogP contribution < -0.4 is 4.74 Å². The molecule has 3 rings (SSSR count). The van der Waals surface area contributed by atoms with Crippen molar-refractivity contribution in [3.8, 4) is 16.9 Å². The molecule has 1 N–H and O–H groups in total. The van der Waals surface area contributed by atoms with Crippen LogP contribution in [0.5, 0.6) is 5.75 Å². The van der Waals surface area contributed by atoms with Gasteiger partial charge in [0.25, 0.3) is 0 Å². The molecule has 7 heteroatoms. The number of carbonyl (C=O) groups is 1. The first-order valence-electron chi connectivity index (χ1n) is 9.14. The van der Waals surface area contributed by atoms with Gasteiger partial charge in [-0.2, -0.15) is 0 Å². The Kier molecular flexibility index (Phi) is 6.96. The van der Waals surface area contributed by atoms with E-state index in [0.717, 1.165) is 36.0 Å². The first-order valence-corrected chi connectivity index (χ1v) is 10.3. The molecule has 1 saturated heterocycles. The van der Waals surface area contributed by atoms with Crippen molar-refractivity contribution >= 4 is 33.5 Å². The van der Waals surface area contributed by atoms with Crippen molar-refractivity contribution in [3.63, 3.8) is 0 Å². The van der Waals surface area contributed by atoms with Gasteiger partial charge in [0, 0.05) is 28.6 Å². The Hall–Kier alpha value is -1.63. The number of benzene rings is 2. The van der Waals surface area contributed by atoms with Gasteiger partial charge in [0.05, 0.1) is 12.1 Å². The molecular formula is C21H22BrClFNO3. The molecule has 1 aliphatic rings. The summed E-state index contributed by atoms with van der Waals surface area (Å²) in [5, 5.41) is 9.46. The lowest BCUT2D eigenvalue weighted by molar-refractivity contribution is -0.138. The number of methoxy groups -OCH3 is 1. The number of nitrogens with zero attached hydrogens (tertiary/aromatic N) is 1. The quantitative estimate of drug-likeness (QED) is 0.597. The number of hydrogen-bond acceptors (Lipinski definition) is 3. The highest BCUT2D eigenvalue weighted by atomic mass is 79.9. The molecule has 2 aromatic carbocycles. The molecule has 0 saturated carbocycles. The number of carboxylic acid groups (broad SMARTS) is 1. The number of halogens is 3. The summed E-state index contributed by atoms with van der Waals surface area (Å²) in [6.45, 7) is 1.93. The maximum atomic E-state index is 15.0. The molecule has 2 aromatic rings. The zero-order valence-corrected chi connectivity index (χ0v) is 17.9. The second-order valence-corrected chi connectivity index (χ2v) is 8.29. The van der Waals surface area contributed by atoms with Gasteiger partial charge in [-0.25, -0.2) is 4.39 Å². The molecule has 1 heterocycles. The largest absolute Gasteiger partial charge is 0.496 e. The van der Waals surface area contributed by atoms with Crippen LogP contribution in [0.2, 0.25) is 5.02 Å². The maximum absolute atomic E-state index is 15.0. The second kappa shape index (κ2) is 9.25. The Morgan fingerprint density at radius 3 is 2.71 bits per heavy atom. The summed E-state index contributed by atoms with van der Waals surface area (Å²) in [4.78, 5) is 13.0. The minimum absolute atomic E-state index is 0.196. The van der Waals surface area contributed by atoms with E-state index in [1.807, 2.05) is 24.3 Å². The van der Waals surface area contributed by atoms with E-state index < -0.39 is 5.97 Å². The summed E-state index contributed by atoms with van der Waals surface area (Å²) in [6, 6.07) is 8.83. The maximum Gasteiger partial charge on any atom is 0.303 e. The molecule has 0 aromatic heterocycles. The fourth-order valence-corrected chi connectivity index (χ4v) is 4.25. The van der Waals surface area contributed by atoms with Crippen LogP contribution in [0.4, 0.5) is 4.39 Å². The van der Waals surface area contributed by atoms with Crippen molar-refractivity contribution < 1.29 is 19.0 Å². The number of likely N-dealkylation sites (tertiary alicyclic amines) is 1. The van der Waals surface area contributed by atoms with Crippen LogP contribution in [0.15, 0.2) is 34.8 Å². The fourth-order valence-electron chi connectivity index (χ4n) is 3.65. The molecule has 0 aliphatic carbocycles. The number of rotatable bonds is 6. The summed E-state index contributed by atoms with van der Waals surface area (Å²) < 4.78 is 21.2. The first-order chi connectivity index (χ1) is 13.4. The predicted octanol–water partition coefficient (Wildman–Crippen LogP) is 5.60. The van der Waals surface area contributed by atoms with E-state index in [0.29, 0.717) is 28.4 Å². The first kappa shape index (κ1) is 21.1. The third kappa shape index (κ3) is 4.85. The average molecular weight is 471 g/mol. The molecule has 0 spiro atoms. The molecular weight excluding hydrogens is 449 g/mol. The molecule has 0 bridgehead atoms. The van der Waals surface area contributed by atoms with Crippen LogP contribution in [0, 0.1) is 11.7 Å². The minimum atomic E-state index is -0.757. The number of ether oxygens (including phenoxy) is 1. The SMILES string of the molecule is COc1cc(-c2cccc(Br)c2Cl)cc(F)c1CN1CCC(CC(=O)O)CC1. The highest BCUT2D eigenvalue weighted by molar-refractivity contribution is 9.10. The van der Waals surface area contributed by atoms with E-state index >= 15 is 0 Å². The van der Waals surface area contributed by atoms with Crippen LogP contribution in [-0.4, -0.2) is 36.2 Å². The van der Waals surface area contributed by atoms with E-state index in [1.165, 1.54) is 13.2 Å². The molecule has 0 unspecified atom stereocenters. The molecule has 28 heavy (non-hydrogen) atoms. The molecule has 4 nitrogen and oxygen atoms in total. The summed E-state index contributed by atoms with van der Waals surface area (Å²) in [6.07, 6.45) is 1.82. The van der Waals surface area contributed by atoms with Gasteiger partial charge in [-0.05, 0) is 71.5 Å². The van der Waals surface area contributed by atoms with Crippen LogP contribution in [0.1, 0.15) is 24.8 Å². The van der Waals surface area contributed by atoms with Gasteiger partial charge in [0.15, 0.2) is 0 Å². The summed E-state index contributed by atoms with van der Waals surface area (Å²) in [5.41, 5.74) is 1.90. The lowest BCUT2D eigenvalue weighted by Crippen LogP contribution is -2.34. The minimum Gasteiger partial charge on any atom is -0.496 e. The van der Waals surface area contributed by atoms with E-state index in [1.54, 1.807) is 0 Å². The van der Waals surface area contributed by atoms with Gasteiger partial charge >= 0.3 is 5.97 Å². The lowest BCUT2D eigenvalue weighted by atomic mass is 9.93. The highest BCUT2D eigenvalue weighted by Crippen LogP contribution is 2.37. The number of piperidine rings is 1. The van der Waals surface area contributed by atoms with Crippen LogP contribution in [0.3, 0.4) is 0 Å². The topological polar surface area (TPSA) is 49.8 Å². The van der Waals surface area contributed by atoms with Gasteiger partial charge in [-0.3, -0.25) is 9.69 Å². The molecule has 1 fully saturated rings. The van der Waals surface area contributed by atoms with Gasteiger partial charge in [-0.15, -0.1) is 0 Å². The Morgan fingerprint density at radius 2 is 2.07 bits per heavy atom. The Balaban J connectivity index is 1.79. The third-order valence-electron chi connectivity index (χ3n) is 5.19. The van der Waals surface area contributed by atoms with E-state index in [-0.39, 0.29) is 18.2 Å². The van der Waals surface area contributed by atoms with Crippen molar-refractivity contribution in [1.82, 2.24) is 4.90 Å².